The van der Waals surface area contributed by atoms with Crippen molar-refractivity contribution in [3.8, 4) is 11.1 Å². The monoisotopic (exact) mass is 350 g/mol. The standard InChI is InChI=1S/C26H38/c1-19(2)7-9-21(5)23-11-15-25(16-12-23)26-17-13-24(14-18-26)22(6)10-8-20(3)4/h11-22H,7-10H2,1-6H3. The molecule has 2 unspecified atom stereocenters. The van der Waals surface area contributed by atoms with E-state index in [2.05, 4.69) is 90.1 Å². The van der Waals surface area contributed by atoms with Gasteiger partial charge >= 0.3 is 0 Å². The zero-order chi connectivity index (χ0) is 19.1. The Labute approximate surface area is 162 Å². The molecule has 0 aromatic heterocycles. The van der Waals surface area contributed by atoms with E-state index in [4.69, 9.17) is 0 Å². The summed E-state index contributed by atoms with van der Waals surface area (Å²) >= 11 is 0. The molecule has 0 saturated carbocycles. The lowest BCUT2D eigenvalue weighted by Crippen LogP contribution is -1.97. The lowest BCUT2D eigenvalue weighted by molar-refractivity contribution is 0.517. The van der Waals surface area contributed by atoms with E-state index in [0.29, 0.717) is 11.8 Å². The molecule has 0 aliphatic carbocycles. The van der Waals surface area contributed by atoms with E-state index in [1.165, 1.54) is 47.9 Å². The SMILES string of the molecule is CC(C)CCC(C)c1ccc(-c2ccc(C(C)CCC(C)C)cc2)cc1. The molecular formula is C26H38. The van der Waals surface area contributed by atoms with Crippen LogP contribution in [0.1, 0.15) is 90.2 Å². The smallest absolute Gasteiger partial charge is 0.0184 e. The fraction of sp³-hybridized carbons (Fsp3) is 0.538. The van der Waals surface area contributed by atoms with Crippen LogP contribution in [0.25, 0.3) is 11.1 Å². The summed E-state index contributed by atoms with van der Waals surface area (Å²) in [6.45, 7) is 13.9. The predicted octanol–water partition coefficient (Wildman–Crippen LogP) is 8.43. The van der Waals surface area contributed by atoms with Crippen LogP contribution in [0.4, 0.5) is 0 Å². The summed E-state index contributed by atoms with van der Waals surface area (Å²) in [5.74, 6) is 2.88. The number of hydrogen-bond acceptors (Lipinski definition) is 0. The summed E-state index contributed by atoms with van der Waals surface area (Å²) in [4.78, 5) is 0. The highest BCUT2D eigenvalue weighted by Gasteiger charge is 2.09. The second-order valence-electron chi connectivity index (χ2n) is 8.99. The minimum atomic E-state index is 0.649. The normalized spacial score (nSPS) is 14.0. The molecule has 2 aromatic rings. The molecule has 2 aromatic carbocycles. The van der Waals surface area contributed by atoms with E-state index in [1.807, 2.05) is 0 Å². The van der Waals surface area contributed by atoms with E-state index in [9.17, 15) is 0 Å². The van der Waals surface area contributed by atoms with Crippen LogP contribution < -0.4 is 0 Å². The second kappa shape index (κ2) is 9.95. The second-order valence-corrected chi connectivity index (χ2v) is 8.99. The van der Waals surface area contributed by atoms with Crippen molar-refractivity contribution in [2.75, 3.05) is 0 Å². The van der Waals surface area contributed by atoms with E-state index >= 15 is 0 Å². The Morgan fingerprint density at radius 1 is 0.462 bits per heavy atom. The van der Waals surface area contributed by atoms with Crippen molar-refractivity contribution in [2.24, 2.45) is 11.8 Å². The van der Waals surface area contributed by atoms with Gasteiger partial charge in [-0.25, -0.2) is 0 Å². The third-order valence-corrected chi connectivity index (χ3v) is 5.65. The van der Waals surface area contributed by atoms with Gasteiger partial charge in [-0.05, 0) is 58.8 Å². The average molecular weight is 351 g/mol. The van der Waals surface area contributed by atoms with Crippen LogP contribution in [-0.4, -0.2) is 0 Å². The molecule has 0 bridgehead atoms. The molecular weight excluding hydrogens is 312 g/mol. The van der Waals surface area contributed by atoms with Crippen LogP contribution in [0.15, 0.2) is 48.5 Å². The summed E-state index contributed by atoms with van der Waals surface area (Å²) in [7, 11) is 0. The first-order valence-electron chi connectivity index (χ1n) is 10.6. The number of hydrogen-bond donors (Lipinski definition) is 0. The first-order chi connectivity index (χ1) is 12.4. The van der Waals surface area contributed by atoms with Crippen molar-refractivity contribution in [3.63, 3.8) is 0 Å². The minimum Gasteiger partial charge on any atom is -0.0628 e. The molecule has 0 heteroatoms. The molecule has 0 spiro atoms. The molecule has 0 nitrogen and oxygen atoms in total. The fourth-order valence-electron chi connectivity index (χ4n) is 3.51. The van der Waals surface area contributed by atoms with Gasteiger partial charge < -0.3 is 0 Å². The third kappa shape index (κ3) is 6.31. The Morgan fingerprint density at radius 2 is 0.769 bits per heavy atom. The Morgan fingerprint density at radius 3 is 1.04 bits per heavy atom. The van der Waals surface area contributed by atoms with Gasteiger partial charge in [0.2, 0.25) is 0 Å². The summed E-state index contributed by atoms with van der Waals surface area (Å²) in [6.07, 6.45) is 5.17. The summed E-state index contributed by atoms with van der Waals surface area (Å²) < 4.78 is 0. The van der Waals surface area contributed by atoms with E-state index in [0.717, 1.165) is 11.8 Å². The molecule has 0 heterocycles. The lowest BCUT2D eigenvalue weighted by Gasteiger charge is -2.15. The average Bonchev–Trinajstić information content (AvgIpc) is 2.64. The van der Waals surface area contributed by atoms with Gasteiger partial charge in [0.15, 0.2) is 0 Å². The molecule has 2 rings (SSSR count). The first-order valence-corrected chi connectivity index (χ1v) is 10.6. The van der Waals surface area contributed by atoms with Crippen LogP contribution in [-0.2, 0) is 0 Å². The van der Waals surface area contributed by atoms with Crippen LogP contribution in [0.5, 0.6) is 0 Å². The van der Waals surface area contributed by atoms with Crippen molar-refractivity contribution in [1.82, 2.24) is 0 Å². The molecule has 0 saturated heterocycles. The maximum atomic E-state index is 2.35. The number of benzene rings is 2. The largest absolute Gasteiger partial charge is 0.0628 e. The predicted molar refractivity (Wildman–Crippen MR) is 117 cm³/mol. The van der Waals surface area contributed by atoms with Crippen LogP contribution in [0, 0.1) is 11.8 Å². The zero-order valence-corrected chi connectivity index (χ0v) is 17.8. The van der Waals surface area contributed by atoms with Crippen molar-refractivity contribution >= 4 is 0 Å². The van der Waals surface area contributed by atoms with Crippen molar-refractivity contribution in [1.29, 1.82) is 0 Å². The summed E-state index contributed by atoms with van der Waals surface area (Å²) in [6, 6.07) is 18.4. The van der Waals surface area contributed by atoms with E-state index < -0.39 is 0 Å². The van der Waals surface area contributed by atoms with Gasteiger partial charge in [-0.2, -0.15) is 0 Å². The maximum Gasteiger partial charge on any atom is -0.0184 e. The van der Waals surface area contributed by atoms with Crippen LogP contribution in [0.2, 0.25) is 0 Å². The molecule has 0 fully saturated rings. The van der Waals surface area contributed by atoms with Gasteiger partial charge in [0.05, 0.1) is 0 Å². The fourth-order valence-corrected chi connectivity index (χ4v) is 3.51. The number of rotatable bonds is 9. The third-order valence-electron chi connectivity index (χ3n) is 5.65. The lowest BCUT2D eigenvalue weighted by atomic mass is 9.90. The van der Waals surface area contributed by atoms with Crippen molar-refractivity contribution < 1.29 is 0 Å². The topological polar surface area (TPSA) is 0 Å². The zero-order valence-electron chi connectivity index (χ0n) is 17.8. The van der Waals surface area contributed by atoms with Gasteiger partial charge in [-0.1, -0.05) is 103 Å². The highest BCUT2D eigenvalue weighted by molar-refractivity contribution is 5.64. The summed E-state index contributed by atoms with van der Waals surface area (Å²) in [5, 5.41) is 0. The Balaban J connectivity index is 2.00. The minimum absolute atomic E-state index is 0.649. The van der Waals surface area contributed by atoms with E-state index in [-0.39, 0.29) is 0 Å². The quantitative estimate of drug-likeness (QED) is 0.425. The molecule has 2 atom stereocenters. The molecule has 26 heavy (non-hydrogen) atoms. The van der Waals surface area contributed by atoms with Gasteiger partial charge in [-0.15, -0.1) is 0 Å². The molecule has 142 valence electrons. The Kier molecular flexibility index (Phi) is 7.94. The van der Waals surface area contributed by atoms with Gasteiger partial charge in [-0.3, -0.25) is 0 Å². The molecule has 0 aliphatic rings. The Bertz CT molecular complexity index is 571. The highest BCUT2D eigenvalue weighted by Crippen LogP contribution is 2.28. The van der Waals surface area contributed by atoms with Crippen LogP contribution >= 0.6 is 0 Å². The van der Waals surface area contributed by atoms with Crippen molar-refractivity contribution in [2.45, 2.75) is 79.1 Å². The highest BCUT2D eigenvalue weighted by atomic mass is 14.1. The Hall–Kier alpha value is -1.56. The van der Waals surface area contributed by atoms with Gasteiger partial charge in [0.1, 0.15) is 0 Å². The maximum absolute atomic E-state index is 2.35. The van der Waals surface area contributed by atoms with Gasteiger partial charge in [0, 0.05) is 0 Å². The van der Waals surface area contributed by atoms with Crippen LogP contribution in [0.3, 0.4) is 0 Å². The molecule has 0 N–H and O–H groups in total. The van der Waals surface area contributed by atoms with Crippen molar-refractivity contribution in [3.05, 3.63) is 59.7 Å². The molecule has 0 amide bonds. The molecule has 0 aliphatic heterocycles. The summed E-state index contributed by atoms with van der Waals surface area (Å²) in [5.41, 5.74) is 5.58. The van der Waals surface area contributed by atoms with E-state index in [1.54, 1.807) is 0 Å². The first kappa shape index (κ1) is 20.7. The molecule has 0 radical (unpaired) electrons. The van der Waals surface area contributed by atoms with Gasteiger partial charge in [0.25, 0.3) is 0 Å².